The van der Waals surface area contributed by atoms with Crippen LogP contribution < -0.4 is 10.2 Å². The summed E-state index contributed by atoms with van der Waals surface area (Å²) in [7, 11) is 0. The summed E-state index contributed by atoms with van der Waals surface area (Å²) in [6.07, 6.45) is 0. The predicted molar refractivity (Wildman–Crippen MR) is 143 cm³/mol. The molecule has 6 nitrogen and oxygen atoms in total. The van der Waals surface area contributed by atoms with Gasteiger partial charge in [0.25, 0.3) is 5.91 Å². The highest BCUT2D eigenvalue weighted by atomic mass is 32.2. The second-order valence-corrected chi connectivity index (χ2v) is 9.35. The summed E-state index contributed by atoms with van der Waals surface area (Å²) in [6, 6.07) is 32.2. The number of anilines is 3. The van der Waals surface area contributed by atoms with E-state index < -0.39 is 11.9 Å². The number of nitrogens with zero attached hydrogens (tertiary/aromatic N) is 1. The monoisotopic (exact) mass is 496 g/mol. The van der Waals surface area contributed by atoms with Gasteiger partial charge in [-0.1, -0.05) is 48.5 Å². The summed E-state index contributed by atoms with van der Waals surface area (Å²) >= 11 is 1.42. The number of carbonyl (C=O) groups excluding carboxylic acids is 2. The summed E-state index contributed by atoms with van der Waals surface area (Å²) in [5, 5.41) is 11.7. The zero-order valence-electron chi connectivity index (χ0n) is 19.5. The van der Waals surface area contributed by atoms with Gasteiger partial charge in [-0.3, -0.25) is 14.5 Å². The standard InChI is InChI=1S/C29H24N2O4S/c1-20(28(33)31(22-10-4-2-5-11-22)23-12-6-3-7-13-23)36-24-18-16-21(17-19-24)30-27(32)25-14-8-9-15-26(25)29(34)35/h2-20H,1H3,(H,30,32)(H,34,35). The fourth-order valence-corrected chi connectivity index (χ4v) is 4.58. The summed E-state index contributed by atoms with van der Waals surface area (Å²) < 4.78 is 0. The van der Waals surface area contributed by atoms with Crippen molar-refractivity contribution in [2.45, 2.75) is 17.1 Å². The Morgan fingerprint density at radius 3 is 1.75 bits per heavy atom. The minimum absolute atomic E-state index is 0.0555. The Bertz CT molecular complexity index is 1320. The molecule has 0 fully saturated rings. The normalized spacial score (nSPS) is 11.4. The Labute approximate surface area is 213 Å². The van der Waals surface area contributed by atoms with Crippen molar-refractivity contribution in [2.75, 3.05) is 10.2 Å². The average molecular weight is 497 g/mol. The number of para-hydroxylation sites is 2. The Morgan fingerprint density at radius 2 is 1.22 bits per heavy atom. The number of carboxylic acid groups (broad SMARTS) is 1. The predicted octanol–water partition coefficient (Wildman–Crippen LogP) is 6.48. The Kier molecular flexibility index (Phi) is 7.82. The molecule has 0 saturated heterocycles. The van der Waals surface area contributed by atoms with Crippen LogP contribution in [0.2, 0.25) is 0 Å². The highest BCUT2D eigenvalue weighted by Crippen LogP contribution is 2.31. The zero-order valence-corrected chi connectivity index (χ0v) is 20.3. The third kappa shape index (κ3) is 5.82. The van der Waals surface area contributed by atoms with Gasteiger partial charge in [-0.05, 0) is 67.6 Å². The van der Waals surface area contributed by atoms with Crippen molar-refractivity contribution >= 4 is 46.6 Å². The lowest BCUT2D eigenvalue weighted by molar-refractivity contribution is -0.117. The highest BCUT2D eigenvalue weighted by Gasteiger charge is 2.24. The van der Waals surface area contributed by atoms with Gasteiger partial charge in [-0.25, -0.2) is 4.79 Å². The van der Waals surface area contributed by atoms with Crippen LogP contribution in [0.4, 0.5) is 17.1 Å². The molecule has 0 saturated carbocycles. The number of rotatable bonds is 8. The molecule has 4 aromatic carbocycles. The van der Waals surface area contributed by atoms with Crippen LogP contribution in [0.25, 0.3) is 0 Å². The molecule has 4 aromatic rings. The number of aromatic carboxylic acids is 1. The van der Waals surface area contributed by atoms with Gasteiger partial charge in [-0.15, -0.1) is 11.8 Å². The number of hydrogen-bond acceptors (Lipinski definition) is 4. The number of amides is 2. The first-order valence-corrected chi connectivity index (χ1v) is 12.2. The van der Waals surface area contributed by atoms with Crippen LogP contribution in [0.15, 0.2) is 114 Å². The van der Waals surface area contributed by atoms with Crippen LogP contribution in [-0.4, -0.2) is 28.1 Å². The second kappa shape index (κ2) is 11.4. The molecule has 0 aliphatic heterocycles. The molecule has 4 rings (SSSR count). The molecule has 0 bridgehead atoms. The van der Waals surface area contributed by atoms with Crippen molar-refractivity contribution in [1.82, 2.24) is 0 Å². The van der Waals surface area contributed by atoms with Gasteiger partial charge in [0.15, 0.2) is 0 Å². The van der Waals surface area contributed by atoms with Crippen LogP contribution in [0, 0.1) is 0 Å². The van der Waals surface area contributed by atoms with Gasteiger partial charge < -0.3 is 10.4 Å². The maximum atomic E-state index is 13.5. The van der Waals surface area contributed by atoms with E-state index in [0.29, 0.717) is 5.69 Å². The Morgan fingerprint density at radius 1 is 0.722 bits per heavy atom. The largest absolute Gasteiger partial charge is 0.478 e. The fourth-order valence-electron chi connectivity index (χ4n) is 3.68. The Balaban J connectivity index is 1.46. The molecule has 180 valence electrons. The van der Waals surface area contributed by atoms with Gasteiger partial charge in [0.1, 0.15) is 0 Å². The molecule has 0 aliphatic rings. The quantitative estimate of drug-likeness (QED) is 0.273. The van der Waals surface area contributed by atoms with E-state index in [1.54, 1.807) is 29.2 Å². The van der Waals surface area contributed by atoms with Crippen LogP contribution in [0.3, 0.4) is 0 Å². The van der Waals surface area contributed by atoms with Crippen molar-refractivity contribution in [2.24, 2.45) is 0 Å². The second-order valence-electron chi connectivity index (χ2n) is 7.93. The van der Waals surface area contributed by atoms with Gasteiger partial charge >= 0.3 is 5.97 Å². The van der Waals surface area contributed by atoms with E-state index in [-0.39, 0.29) is 22.3 Å². The maximum Gasteiger partial charge on any atom is 0.336 e. The van der Waals surface area contributed by atoms with Gasteiger partial charge in [0, 0.05) is 22.0 Å². The van der Waals surface area contributed by atoms with Crippen molar-refractivity contribution in [3.8, 4) is 0 Å². The number of hydrogen-bond donors (Lipinski definition) is 2. The summed E-state index contributed by atoms with van der Waals surface area (Å²) in [5.74, 6) is -1.72. The molecule has 36 heavy (non-hydrogen) atoms. The Hall–Kier alpha value is -4.36. The number of nitrogens with one attached hydrogen (secondary N) is 1. The third-order valence-corrected chi connectivity index (χ3v) is 6.52. The maximum absolute atomic E-state index is 13.5. The number of carboxylic acids is 1. The molecule has 0 spiro atoms. The van der Waals surface area contributed by atoms with E-state index in [9.17, 15) is 19.5 Å². The fraction of sp³-hybridized carbons (Fsp3) is 0.0690. The molecular weight excluding hydrogens is 472 g/mol. The first-order chi connectivity index (χ1) is 17.4. The van der Waals surface area contributed by atoms with Gasteiger partial charge in [-0.2, -0.15) is 0 Å². The van der Waals surface area contributed by atoms with E-state index in [1.807, 2.05) is 79.7 Å². The van der Waals surface area contributed by atoms with E-state index in [2.05, 4.69) is 5.32 Å². The first kappa shape index (κ1) is 24.8. The van der Waals surface area contributed by atoms with Crippen molar-refractivity contribution < 1.29 is 19.5 Å². The third-order valence-electron chi connectivity index (χ3n) is 5.42. The molecule has 7 heteroatoms. The van der Waals surface area contributed by atoms with E-state index in [0.717, 1.165) is 16.3 Å². The molecule has 2 amide bonds. The van der Waals surface area contributed by atoms with E-state index in [1.165, 1.54) is 23.9 Å². The van der Waals surface area contributed by atoms with Crippen molar-refractivity contribution in [1.29, 1.82) is 0 Å². The number of carbonyl (C=O) groups is 3. The lowest BCUT2D eigenvalue weighted by Crippen LogP contribution is -2.32. The lowest BCUT2D eigenvalue weighted by atomic mass is 10.1. The lowest BCUT2D eigenvalue weighted by Gasteiger charge is -2.26. The van der Waals surface area contributed by atoms with E-state index >= 15 is 0 Å². The van der Waals surface area contributed by atoms with Crippen LogP contribution >= 0.6 is 11.8 Å². The summed E-state index contributed by atoms with van der Waals surface area (Å²) in [6.45, 7) is 1.87. The van der Waals surface area contributed by atoms with Crippen molar-refractivity contribution in [3.05, 3.63) is 120 Å². The number of benzene rings is 4. The minimum Gasteiger partial charge on any atom is -0.478 e. The summed E-state index contributed by atoms with van der Waals surface area (Å²) in [4.78, 5) is 40.1. The molecule has 1 atom stereocenters. The topological polar surface area (TPSA) is 86.7 Å². The molecule has 2 N–H and O–H groups in total. The molecule has 1 unspecified atom stereocenters. The summed E-state index contributed by atoms with van der Waals surface area (Å²) in [5.41, 5.74) is 2.14. The first-order valence-electron chi connectivity index (χ1n) is 11.3. The SMILES string of the molecule is CC(Sc1ccc(NC(=O)c2ccccc2C(=O)O)cc1)C(=O)N(c1ccccc1)c1ccccc1. The average Bonchev–Trinajstić information content (AvgIpc) is 2.91. The van der Waals surface area contributed by atoms with Gasteiger partial charge in [0.2, 0.25) is 5.91 Å². The number of thioether (sulfide) groups is 1. The zero-order chi connectivity index (χ0) is 25.5. The minimum atomic E-state index is -1.16. The van der Waals surface area contributed by atoms with Crippen LogP contribution in [-0.2, 0) is 4.79 Å². The van der Waals surface area contributed by atoms with Crippen LogP contribution in [0.5, 0.6) is 0 Å². The van der Waals surface area contributed by atoms with Crippen LogP contribution in [0.1, 0.15) is 27.6 Å². The molecule has 0 aliphatic carbocycles. The smallest absolute Gasteiger partial charge is 0.336 e. The molecular formula is C29H24N2O4S. The molecule has 0 aromatic heterocycles. The van der Waals surface area contributed by atoms with Crippen molar-refractivity contribution in [3.63, 3.8) is 0 Å². The molecule has 0 heterocycles. The molecule has 0 radical (unpaired) electrons. The van der Waals surface area contributed by atoms with Gasteiger partial charge in [0.05, 0.1) is 16.4 Å². The highest BCUT2D eigenvalue weighted by molar-refractivity contribution is 8.00. The van der Waals surface area contributed by atoms with E-state index in [4.69, 9.17) is 0 Å².